The highest BCUT2D eigenvalue weighted by Gasteiger charge is 2.30. The largest absolute Gasteiger partial charge is 0.358 e. The van der Waals surface area contributed by atoms with Crippen molar-refractivity contribution in [2.45, 2.75) is 12.8 Å². The van der Waals surface area contributed by atoms with Gasteiger partial charge in [-0.25, -0.2) is 4.57 Å². The van der Waals surface area contributed by atoms with Crippen LogP contribution >= 0.6 is 15.9 Å². The zero-order valence-electron chi connectivity index (χ0n) is 10.7. The minimum absolute atomic E-state index is 0.0560. The summed E-state index contributed by atoms with van der Waals surface area (Å²) >= 11 is 3.41. The van der Waals surface area contributed by atoms with Crippen molar-refractivity contribution in [3.8, 4) is 0 Å². The molecule has 7 heteroatoms. The van der Waals surface area contributed by atoms with Crippen molar-refractivity contribution < 1.29 is 9.72 Å². The van der Waals surface area contributed by atoms with Gasteiger partial charge in [0.05, 0.1) is 7.05 Å². The van der Waals surface area contributed by atoms with E-state index >= 15 is 0 Å². The van der Waals surface area contributed by atoms with Crippen molar-refractivity contribution >= 4 is 27.7 Å². The summed E-state index contributed by atoms with van der Waals surface area (Å²) < 4.78 is 1.35. The Morgan fingerprint density at radius 3 is 2.89 bits per heavy atom. The fraction of sp³-hybridized carbons (Fsp3) is 0.583. The van der Waals surface area contributed by atoms with Crippen LogP contribution in [0, 0.1) is 16.0 Å². The van der Waals surface area contributed by atoms with E-state index in [9.17, 15) is 14.9 Å². The van der Waals surface area contributed by atoms with E-state index in [1.807, 2.05) is 0 Å². The molecular formula is C12H16BrN3O3. The van der Waals surface area contributed by atoms with Gasteiger partial charge in [-0.2, -0.15) is 0 Å². The molecule has 0 spiro atoms. The summed E-state index contributed by atoms with van der Waals surface area (Å²) in [4.78, 5) is 24.4. The Morgan fingerprint density at radius 2 is 2.32 bits per heavy atom. The molecule has 0 N–H and O–H groups in total. The number of nitro groups is 1. The van der Waals surface area contributed by atoms with E-state index in [0.717, 1.165) is 31.3 Å². The minimum Gasteiger partial charge on any atom is -0.358 e. The molecule has 1 unspecified atom stereocenters. The summed E-state index contributed by atoms with van der Waals surface area (Å²) in [7, 11) is 1.55. The number of amides is 1. The van der Waals surface area contributed by atoms with Gasteiger partial charge in [0.15, 0.2) is 5.69 Å². The van der Waals surface area contributed by atoms with Gasteiger partial charge in [0.1, 0.15) is 0 Å². The number of nitrogens with zero attached hydrogens (tertiary/aromatic N) is 3. The lowest BCUT2D eigenvalue weighted by Crippen LogP contribution is -2.30. The van der Waals surface area contributed by atoms with Crippen molar-refractivity contribution in [3.63, 3.8) is 0 Å². The van der Waals surface area contributed by atoms with Gasteiger partial charge in [-0.15, -0.1) is 0 Å². The van der Waals surface area contributed by atoms with Crippen molar-refractivity contribution in [3.05, 3.63) is 27.9 Å². The number of halogens is 1. The zero-order valence-corrected chi connectivity index (χ0v) is 12.3. The molecule has 6 nitrogen and oxygen atoms in total. The summed E-state index contributed by atoms with van der Waals surface area (Å²) in [5.41, 5.74) is 0.381. The maximum absolute atomic E-state index is 12.3. The molecule has 104 valence electrons. The molecule has 1 fully saturated rings. The van der Waals surface area contributed by atoms with Crippen molar-refractivity contribution in [1.82, 2.24) is 9.47 Å². The maximum Gasteiger partial charge on any atom is 0.323 e. The highest BCUT2D eigenvalue weighted by molar-refractivity contribution is 9.09. The Bertz CT molecular complexity index is 500. The van der Waals surface area contributed by atoms with Crippen LogP contribution in [0.4, 0.5) is 5.82 Å². The van der Waals surface area contributed by atoms with Crippen LogP contribution in [-0.2, 0) is 7.05 Å². The predicted octanol–water partition coefficient (Wildman–Crippen LogP) is 2.18. The summed E-state index contributed by atoms with van der Waals surface area (Å²) in [6.07, 6.45) is 2.06. The van der Waals surface area contributed by atoms with Gasteiger partial charge >= 0.3 is 5.82 Å². The third-order valence-electron chi connectivity index (χ3n) is 3.59. The lowest BCUT2D eigenvalue weighted by molar-refractivity contribution is -0.391. The fourth-order valence-electron chi connectivity index (χ4n) is 2.47. The summed E-state index contributed by atoms with van der Waals surface area (Å²) in [6, 6.07) is 2.90. The molecule has 1 aromatic heterocycles. The van der Waals surface area contributed by atoms with Gasteiger partial charge in [-0.1, -0.05) is 15.9 Å². The molecule has 1 atom stereocenters. The number of carbonyl (C=O) groups excluding carboxylic acids is 1. The minimum atomic E-state index is -0.478. The third-order valence-corrected chi connectivity index (χ3v) is 4.05. The molecule has 1 aliphatic heterocycles. The molecule has 0 bridgehead atoms. The second kappa shape index (κ2) is 5.73. The van der Waals surface area contributed by atoms with Gasteiger partial charge in [0, 0.05) is 24.5 Å². The van der Waals surface area contributed by atoms with E-state index in [1.165, 1.54) is 16.7 Å². The lowest BCUT2D eigenvalue weighted by Gasteiger charge is -2.15. The average molecular weight is 330 g/mol. The van der Waals surface area contributed by atoms with E-state index in [-0.39, 0.29) is 11.7 Å². The first-order chi connectivity index (χ1) is 9.04. The molecule has 0 aliphatic carbocycles. The second-order valence-corrected chi connectivity index (χ2v) is 5.57. The molecule has 2 heterocycles. The van der Waals surface area contributed by atoms with Crippen LogP contribution in [0.3, 0.4) is 0 Å². The van der Waals surface area contributed by atoms with Crippen molar-refractivity contribution in [2.24, 2.45) is 13.0 Å². The molecule has 1 aromatic rings. The molecule has 0 aromatic carbocycles. The van der Waals surface area contributed by atoms with Gasteiger partial charge in [0.25, 0.3) is 5.91 Å². The smallest absolute Gasteiger partial charge is 0.323 e. The topological polar surface area (TPSA) is 68.4 Å². The van der Waals surface area contributed by atoms with Crippen LogP contribution in [0.2, 0.25) is 0 Å². The first-order valence-corrected chi connectivity index (χ1v) is 7.32. The third kappa shape index (κ3) is 2.80. The number of carbonyl (C=O) groups is 1. The molecule has 19 heavy (non-hydrogen) atoms. The molecule has 0 radical (unpaired) electrons. The normalized spacial score (nSPS) is 18.8. The molecule has 1 amide bonds. The Balaban J connectivity index is 2.11. The number of hydrogen-bond donors (Lipinski definition) is 0. The monoisotopic (exact) mass is 329 g/mol. The van der Waals surface area contributed by atoms with Gasteiger partial charge in [0.2, 0.25) is 0 Å². The van der Waals surface area contributed by atoms with E-state index in [0.29, 0.717) is 11.6 Å². The Labute approximate surface area is 119 Å². The molecule has 0 saturated carbocycles. The standard InChI is InChI=1S/C12H16BrN3O3/c1-14-10(2-3-11(14)16(18)19)12(17)15-7-5-9(8-15)4-6-13/h2-3,9H,4-8H2,1H3. The molecule has 1 saturated heterocycles. The SMILES string of the molecule is Cn1c(C(=O)N2CCC(CCBr)C2)ccc1[N+](=O)[O-]. The molecular weight excluding hydrogens is 314 g/mol. The summed E-state index contributed by atoms with van der Waals surface area (Å²) in [5.74, 6) is 0.353. The summed E-state index contributed by atoms with van der Waals surface area (Å²) in [6.45, 7) is 1.47. The fourth-order valence-corrected chi connectivity index (χ4v) is 3.12. The Hall–Kier alpha value is -1.37. The van der Waals surface area contributed by atoms with Gasteiger partial charge < -0.3 is 15.0 Å². The van der Waals surface area contributed by atoms with E-state index < -0.39 is 4.92 Å². The predicted molar refractivity (Wildman–Crippen MR) is 74.5 cm³/mol. The number of alkyl halides is 1. The maximum atomic E-state index is 12.3. The van der Waals surface area contributed by atoms with Gasteiger partial charge in [-0.3, -0.25) is 4.79 Å². The highest BCUT2D eigenvalue weighted by Crippen LogP contribution is 2.23. The molecule has 1 aliphatic rings. The van der Waals surface area contributed by atoms with E-state index in [1.54, 1.807) is 11.9 Å². The summed E-state index contributed by atoms with van der Waals surface area (Å²) in [5, 5.41) is 11.7. The number of rotatable bonds is 4. The Kier molecular flexibility index (Phi) is 4.24. The Morgan fingerprint density at radius 1 is 1.58 bits per heavy atom. The number of hydrogen-bond acceptors (Lipinski definition) is 3. The first-order valence-electron chi connectivity index (χ1n) is 6.20. The van der Waals surface area contributed by atoms with Crippen molar-refractivity contribution in [2.75, 3.05) is 18.4 Å². The lowest BCUT2D eigenvalue weighted by atomic mass is 10.1. The second-order valence-electron chi connectivity index (χ2n) is 4.78. The first kappa shape index (κ1) is 14.0. The zero-order chi connectivity index (χ0) is 14.0. The number of aromatic nitrogens is 1. The van der Waals surface area contributed by atoms with Crippen LogP contribution in [-0.4, -0.2) is 38.7 Å². The molecule has 2 rings (SSSR count). The van der Waals surface area contributed by atoms with Crippen LogP contribution in [0.15, 0.2) is 12.1 Å². The highest BCUT2D eigenvalue weighted by atomic mass is 79.9. The van der Waals surface area contributed by atoms with Crippen LogP contribution in [0.25, 0.3) is 0 Å². The van der Waals surface area contributed by atoms with Gasteiger partial charge in [-0.05, 0) is 29.7 Å². The van der Waals surface area contributed by atoms with Crippen LogP contribution < -0.4 is 0 Å². The van der Waals surface area contributed by atoms with Crippen LogP contribution in [0.5, 0.6) is 0 Å². The van der Waals surface area contributed by atoms with Crippen molar-refractivity contribution in [1.29, 1.82) is 0 Å². The van der Waals surface area contributed by atoms with E-state index in [4.69, 9.17) is 0 Å². The average Bonchev–Trinajstić information content (AvgIpc) is 2.95. The van der Waals surface area contributed by atoms with Crippen LogP contribution in [0.1, 0.15) is 23.3 Å². The number of likely N-dealkylation sites (tertiary alicyclic amines) is 1. The quantitative estimate of drug-likeness (QED) is 0.483. The van der Waals surface area contributed by atoms with E-state index in [2.05, 4.69) is 15.9 Å².